The molecule has 104 valence electrons. The molecule has 2 aromatic rings. The third kappa shape index (κ3) is 3.05. The molecule has 0 atom stereocenters. The predicted octanol–water partition coefficient (Wildman–Crippen LogP) is 2.88. The maximum atomic E-state index is 13.6. The third-order valence-electron chi connectivity index (χ3n) is 2.38. The minimum absolute atomic E-state index is 0.0208. The molecular formula is C13H10F2N2O2S. The average molecular weight is 296 g/mol. The molecule has 1 heterocycles. The van der Waals surface area contributed by atoms with Crippen molar-refractivity contribution in [2.75, 3.05) is 12.8 Å². The van der Waals surface area contributed by atoms with Gasteiger partial charge in [-0.1, -0.05) is 11.8 Å². The number of hydrogen-bond donors (Lipinski definition) is 1. The van der Waals surface area contributed by atoms with Crippen LogP contribution in [0.25, 0.3) is 0 Å². The molecule has 0 unspecified atom stereocenters. The van der Waals surface area contributed by atoms with Gasteiger partial charge in [-0.05, 0) is 24.3 Å². The van der Waals surface area contributed by atoms with E-state index in [2.05, 4.69) is 9.72 Å². The van der Waals surface area contributed by atoms with Crippen LogP contribution in [0.2, 0.25) is 0 Å². The Kier molecular flexibility index (Phi) is 4.19. The van der Waals surface area contributed by atoms with E-state index in [0.29, 0.717) is 0 Å². The lowest BCUT2D eigenvalue weighted by Gasteiger charge is -2.08. The number of carbonyl (C=O) groups excluding carboxylic acids is 1. The summed E-state index contributed by atoms with van der Waals surface area (Å²) >= 11 is 0.825. The highest BCUT2D eigenvalue weighted by atomic mass is 32.2. The Bertz CT molecular complexity index is 665. The second kappa shape index (κ2) is 5.87. The van der Waals surface area contributed by atoms with Crippen LogP contribution in [0.4, 0.5) is 14.5 Å². The van der Waals surface area contributed by atoms with Gasteiger partial charge in [0.25, 0.3) is 0 Å². The van der Waals surface area contributed by atoms with Crippen LogP contribution in [0, 0.1) is 11.6 Å². The van der Waals surface area contributed by atoms with E-state index in [4.69, 9.17) is 5.73 Å². The Morgan fingerprint density at radius 3 is 2.80 bits per heavy atom. The molecule has 0 aliphatic rings. The summed E-state index contributed by atoms with van der Waals surface area (Å²) in [4.78, 5) is 15.6. The van der Waals surface area contributed by atoms with Crippen LogP contribution in [0.5, 0.6) is 0 Å². The number of carbonyl (C=O) groups is 1. The van der Waals surface area contributed by atoms with E-state index in [1.165, 1.54) is 19.4 Å². The van der Waals surface area contributed by atoms with E-state index in [1.54, 1.807) is 0 Å². The maximum Gasteiger partial charge on any atom is 0.340 e. The molecule has 2 N–H and O–H groups in total. The lowest BCUT2D eigenvalue weighted by molar-refractivity contribution is 0.0596. The molecule has 0 aliphatic carbocycles. The minimum Gasteiger partial charge on any atom is -0.465 e. The second-order valence-electron chi connectivity index (χ2n) is 3.79. The van der Waals surface area contributed by atoms with Crippen LogP contribution in [0.3, 0.4) is 0 Å². The summed E-state index contributed by atoms with van der Waals surface area (Å²) in [6.07, 6.45) is 1.33. The first-order valence-corrected chi connectivity index (χ1v) is 6.29. The number of ether oxygens (including phenoxy) is 1. The third-order valence-corrected chi connectivity index (χ3v) is 3.43. The van der Waals surface area contributed by atoms with Crippen molar-refractivity contribution in [3.8, 4) is 0 Å². The normalized spacial score (nSPS) is 10.3. The topological polar surface area (TPSA) is 65.2 Å². The number of aromatic nitrogens is 1. The van der Waals surface area contributed by atoms with Crippen LogP contribution in [-0.4, -0.2) is 18.1 Å². The quantitative estimate of drug-likeness (QED) is 0.882. The highest BCUT2D eigenvalue weighted by Gasteiger charge is 2.16. The average Bonchev–Trinajstić information content (AvgIpc) is 2.43. The van der Waals surface area contributed by atoms with Gasteiger partial charge in [-0.15, -0.1) is 0 Å². The van der Waals surface area contributed by atoms with Gasteiger partial charge in [-0.3, -0.25) is 0 Å². The zero-order valence-electron chi connectivity index (χ0n) is 10.4. The van der Waals surface area contributed by atoms with Crippen molar-refractivity contribution in [1.82, 2.24) is 4.98 Å². The number of nitrogens with two attached hydrogens (primary N) is 1. The first-order valence-electron chi connectivity index (χ1n) is 5.48. The lowest BCUT2D eigenvalue weighted by atomic mass is 10.3. The van der Waals surface area contributed by atoms with Crippen LogP contribution < -0.4 is 5.73 Å². The fourth-order valence-corrected chi connectivity index (χ4v) is 2.37. The molecule has 1 aromatic heterocycles. The van der Waals surface area contributed by atoms with Gasteiger partial charge < -0.3 is 10.5 Å². The van der Waals surface area contributed by atoms with Crippen LogP contribution in [0.15, 0.2) is 40.4 Å². The van der Waals surface area contributed by atoms with Crippen molar-refractivity contribution in [2.45, 2.75) is 9.92 Å². The molecule has 0 amide bonds. The van der Waals surface area contributed by atoms with E-state index >= 15 is 0 Å². The first kappa shape index (κ1) is 14.3. The molecule has 0 radical (unpaired) electrons. The van der Waals surface area contributed by atoms with Crippen LogP contribution in [0.1, 0.15) is 10.4 Å². The van der Waals surface area contributed by atoms with Gasteiger partial charge in [0.1, 0.15) is 16.7 Å². The monoisotopic (exact) mass is 296 g/mol. The fraction of sp³-hybridized carbons (Fsp3) is 0.0769. The number of nitrogens with zero attached hydrogens (tertiary/aromatic N) is 1. The summed E-state index contributed by atoms with van der Waals surface area (Å²) in [5, 5.41) is 0.190. The number of methoxy groups -OCH3 is 1. The molecule has 1 aromatic carbocycles. The van der Waals surface area contributed by atoms with E-state index in [-0.39, 0.29) is 21.2 Å². The Hall–Kier alpha value is -2.15. The Morgan fingerprint density at radius 2 is 2.10 bits per heavy atom. The smallest absolute Gasteiger partial charge is 0.340 e. The molecule has 0 aliphatic heterocycles. The van der Waals surface area contributed by atoms with Crippen molar-refractivity contribution < 1.29 is 18.3 Å². The number of benzene rings is 1. The maximum absolute atomic E-state index is 13.6. The SMILES string of the molecule is COC(=O)c1cc(N)cnc1Sc1cc(F)ccc1F. The number of anilines is 1. The number of pyridine rings is 1. The number of nitrogen functional groups attached to an aromatic ring is 1. The summed E-state index contributed by atoms with van der Waals surface area (Å²) in [6.45, 7) is 0. The molecule has 20 heavy (non-hydrogen) atoms. The molecule has 0 saturated heterocycles. The van der Waals surface area contributed by atoms with Crippen molar-refractivity contribution in [3.63, 3.8) is 0 Å². The van der Waals surface area contributed by atoms with Gasteiger partial charge >= 0.3 is 5.97 Å². The Labute approximate surface area is 118 Å². The van der Waals surface area contributed by atoms with Crippen molar-refractivity contribution in [3.05, 3.63) is 47.7 Å². The molecule has 0 bridgehead atoms. The van der Waals surface area contributed by atoms with Gasteiger partial charge in [0.15, 0.2) is 0 Å². The number of esters is 1. The minimum atomic E-state index is -0.649. The number of halogens is 2. The van der Waals surface area contributed by atoms with Gasteiger partial charge in [-0.2, -0.15) is 0 Å². The summed E-state index contributed by atoms with van der Waals surface area (Å²) in [7, 11) is 1.21. The summed E-state index contributed by atoms with van der Waals surface area (Å²) in [6, 6.07) is 4.42. The molecule has 0 saturated carbocycles. The van der Waals surface area contributed by atoms with Gasteiger partial charge in [0.05, 0.1) is 29.5 Å². The van der Waals surface area contributed by atoms with E-state index in [0.717, 1.165) is 30.0 Å². The van der Waals surface area contributed by atoms with Crippen molar-refractivity contribution in [1.29, 1.82) is 0 Å². The van der Waals surface area contributed by atoms with E-state index in [1.807, 2.05) is 0 Å². The van der Waals surface area contributed by atoms with Crippen LogP contribution >= 0.6 is 11.8 Å². The second-order valence-corrected chi connectivity index (χ2v) is 4.82. The van der Waals surface area contributed by atoms with Crippen molar-refractivity contribution >= 4 is 23.4 Å². The lowest BCUT2D eigenvalue weighted by Crippen LogP contribution is -2.06. The zero-order valence-corrected chi connectivity index (χ0v) is 11.2. The summed E-state index contributed by atoms with van der Waals surface area (Å²) in [5.41, 5.74) is 5.92. The first-order chi connectivity index (χ1) is 9.51. The molecule has 7 heteroatoms. The van der Waals surface area contributed by atoms with E-state index < -0.39 is 17.6 Å². The van der Waals surface area contributed by atoms with Crippen LogP contribution in [-0.2, 0) is 4.74 Å². The zero-order chi connectivity index (χ0) is 14.7. The molecule has 4 nitrogen and oxygen atoms in total. The van der Waals surface area contributed by atoms with Crippen molar-refractivity contribution in [2.24, 2.45) is 0 Å². The molecule has 2 rings (SSSR count). The highest BCUT2D eigenvalue weighted by Crippen LogP contribution is 2.32. The molecule has 0 fully saturated rings. The molecule has 0 spiro atoms. The number of hydrogen-bond acceptors (Lipinski definition) is 5. The summed E-state index contributed by atoms with van der Waals surface area (Å²) < 4.78 is 31.3. The Balaban J connectivity index is 2.43. The fourth-order valence-electron chi connectivity index (χ4n) is 1.47. The molecular weight excluding hydrogens is 286 g/mol. The highest BCUT2D eigenvalue weighted by molar-refractivity contribution is 7.99. The van der Waals surface area contributed by atoms with Gasteiger partial charge in [0.2, 0.25) is 0 Å². The Morgan fingerprint density at radius 1 is 1.35 bits per heavy atom. The summed E-state index contributed by atoms with van der Waals surface area (Å²) in [5.74, 6) is -1.83. The predicted molar refractivity (Wildman–Crippen MR) is 70.5 cm³/mol. The van der Waals surface area contributed by atoms with Gasteiger partial charge in [0, 0.05) is 0 Å². The van der Waals surface area contributed by atoms with Gasteiger partial charge in [-0.25, -0.2) is 18.6 Å². The largest absolute Gasteiger partial charge is 0.465 e. The standard InChI is InChI=1S/C13H10F2N2O2S/c1-19-13(18)9-5-8(16)6-17-12(9)20-11-4-7(14)2-3-10(11)15/h2-6H,16H2,1H3. The van der Waals surface area contributed by atoms with E-state index in [9.17, 15) is 13.6 Å². The number of rotatable bonds is 3.